The molecule has 1 aliphatic heterocycles. The highest BCUT2D eigenvalue weighted by Gasteiger charge is 2.17. The van der Waals surface area contributed by atoms with Crippen LogP contribution in [0.5, 0.6) is 0 Å². The summed E-state index contributed by atoms with van der Waals surface area (Å²) < 4.78 is 0. The van der Waals surface area contributed by atoms with Crippen LogP contribution in [-0.4, -0.2) is 24.0 Å². The van der Waals surface area contributed by atoms with Crippen molar-refractivity contribution in [3.05, 3.63) is 17.8 Å². The molecule has 0 spiro atoms. The maximum atomic E-state index is 11.0. The zero-order chi connectivity index (χ0) is 10.8. The van der Waals surface area contributed by atoms with Gasteiger partial charge in [0.25, 0.3) is 5.91 Å². The fourth-order valence-electron chi connectivity index (χ4n) is 1.78. The number of carbonyl (C=O) groups excluding carboxylic acids is 1. The maximum absolute atomic E-state index is 11.0. The van der Waals surface area contributed by atoms with E-state index in [0.717, 1.165) is 25.9 Å². The van der Waals surface area contributed by atoms with Crippen molar-refractivity contribution in [2.75, 3.05) is 23.7 Å². The van der Waals surface area contributed by atoms with Crippen molar-refractivity contribution in [3.63, 3.8) is 0 Å². The average Bonchev–Trinajstić information content (AvgIpc) is 2.71. The van der Waals surface area contributed by atoms with E-state index in [1.54, 1.807) is 12.1 Å². The molecule has 0 saturated carbocycles. The summed E-state index contributed by atoms with van der Waals surface area (Å²) in [6.07, 6.45) is 2.28. The second kappa shape index (κ2) is 3.76. The lowest BCUT2D eigenvalue weighted by Gasteiger charge is -2.18. The molecule has 80 valence electrons. The van der Waals surface area contributed by atoms with Gasteiger partial charge in [0.05, 0.1) is 5.69 Å². The van der Waals surface area contributed by atoms with E-state index in [0.29, 0.717) is 11.5 Å². The summed E-state index contributed by atoms with van der Waals surface area (Å²) in [6, 6.07) is 3.23. The number of nitrogens with two attached hydrogens (primary N) is 2. The molecule has 1 amide bonds. The molecule has 1 saturated heterocycles. The third kappa shape index (κ3) is 1.86. The van der Waals surface area contributed by atoms with Crippen molar-refractivity contribution < 1.29 is 4.79 Å². The van der Waals surface area contributed by atoms with Gasteiger partial charge in [-0.05, 0) is 25.0 Å². The summed E-state index contributed by atoms with van der Waals surface area (Å²) in [7, 11) is 0. The van der Waals surface area contributed by atoms with E-state index in [1.807, 2.05) is 0 Å². The molecule has 1 aromatic rings. The van der Waals surface area contributed by atoms with Crippen LogP contribution in [0.3, 0.4) is 0 Å². The van der Waals surface area contributed by atoms with Crippen LogP contribution in [0.2, 0.25) is 0 Å². The van der Waals surface area contributed by atoms with Crippen LogP contribution in [0.4, 0.5) is 11.5 Å². The van der Waals surface area contributed by atoms with Crippen LogP contribution >= 0.6 is 0 Å². The monoisotopic (exact) mass is 206 g/mol. The van der Waals surface area contributed by atoms with Gasteiger partial charge in [0.2, 0.25) is 0 Å². The summed E-state index contributed by atoms with van der Waals surface area (Å²) in [4.78, 5) is 17.2. The molecule has 0 unspecified atom stereocenters. The standard InChI is InChI=1S/C10H14N4O/c11-7-3-4-8(9(12)15)13-10(7)14-5-1-2-6-14/h3-4H,1-2,5-6,11H2,(H2,12,15). The number of amides is 1. The second-order valence-electron chi connectivity index (χ2n) is 3.67. The number of primary amides is 1. The number of nitrogens with zero attached hydrogens (tertiary/aromatic N) is 2. The van der Waals surface area contributed by atoms with Crippen LogP contribution in [0.1, 0.15) is 23.3 Å². The number of hydrogen-bond donors (Lipinski definition) is 2. The van der Waals surface area contributed by atoms with Gasteiger partial charge in [-0.15, -0.1) is 0 Å². The summed E-state index contributed by atoms with van der Waals surface area (Å²) in [6.45, 7) is 1.89. The lowest BCUT2D eigenvalue weighted by atomic mass is 10.3. The topological polar surface area (TPSA) is 85.2 Å². The Kier molecular flexibility index (Phi) is 2.45. The molecule has 2 heterocycles. The first-order valence-corrected chi connectivity index (χ1v) is 5.00. The van der Waals surface area contributed by atoms with E-state index >= 15 is 0 Å². The minimum Gasteiger partial charge on any atom is -0.396 e. The molecular weight excluding hydrogens is 192 g/mol. The van der Waals surface area contributed by atoms with Gasteiger partial charge in [0.15, 0.2) is 5.82 Å². The quantitative estimate of drug-likeness (QED) is 0.731. The van der Waals surface area contributed by atoms with Gasteiger partial charge in [0.1, 0.15) is 5.69 Å². The summed E-state index contributed by atoms with van der Waals surface area (Å²) in [5.41, 5.74) is 11.9. The summed E-state index contributed by atoms with van der Waals surface area (Å²) in [5, 5.41) is 0. The third-order valence-corrected chi connectivity index (χ3v) is 2.56. The van der Waals surface area contributed by atoms with Crippen LogP contribution in [0.25, 0.3) is 0 Å². The van der Waals surface area contributed by atoms with Gasteiger partial charge < -0.3 is 16.4 Å². The van der Waals surface area contributed by atoms with Crippen molar-refractivity contribution in [1.82, 2.24) is 4.98 Å². The Hall–Kier alpha value is -1.78. The van der Waals surface area contributed by atoms with Gasteiger partial charge in [-0.1, -0.05) is 0 Å². The first-order valence-electron chi connectivity index (χ1n) is 5.00. The lowest BCUT2D eigenvalue weighted by molar-refractivity contribution is 0.0995. The number of aromatic nitrogens is 1. The molecule has 1 fully saturated rings. The van der Waals surface area contributed by atoms with Gasteiger partial charge in [-0.25, -0.2) is 4.98 Å². The van der Waals surface area contributed by atoms with Crippen LogP contribution < -0.4 is 16.4 Å². The molecule has 0 bridgehead atoms. The van der Waals surface area contributed by atoms with Gasteiger partial charge >= 0.3 is 0 Å². The normalized spacial score (nSPS) is 15.6. The van der Waals surface area contributed by atoms with Crippen molar-refractivity contribution in [2.45, 2.75) is 12.8 Å². The van der Waals surface area contributed by atoms with Crippen LogP contribution in [0.15, 0.2) is 12.1 Å². The molecule has 1 aliphatic rings. The number of pyridine rings is 1. The van der Waals surface area contributed by atoms with E-state index in [4.69, 9.17) is 11.5 Å². The van der Waals surface area contributed by atoms with Gasteiger partial charge in [-0.3, -0.25) is 4.79 Å². The first-order chi connectivity index (χ1) is 7.18. The van der Waals surface area contributed by atoms with E-state index < -0.39 is 5.91 Å². The largest absolute Gasteiger partial charge is 0.396 e. The molecule has 0 aromatic carbocycles. The molecule has 0 aliphatic carbocycles. The van der Waals surface area contributed by atoms with E-state index in [9.17, 15) is 4.79 Å². The number of nitrogen functional groups attached to an aromatic ring is 1. The molecule has 0 atom stereocenters. The molecule has 5 heteroatoms. The zero-order valence-corrected chi connectivity index (χ0v) is 8.44. The predicted octanol–water partition coefficient (Wildman–Crippen LogP) is 0.363. The Morgan fingerprint density at radius 2 is 2.00 bits per heavy atom. The van der Waals surface area contributed by atoms with Crippen molar-refractivity contribution >= 4 is 17.4 Å². The highest BCUT2D eigenvalue weighted by atomic mass is 16.1. The molecule has 2 rings (SSSR count). The first kappa shape index (κ1) is 9.76. The maximum Gasteiger partial charge on any atom is 0.267 e. The van der Waals surface area contributed by atoms with E-state index in [1.165, 1.54) is 0 Å². The third-order valence-electron chi connectivity index (χ3n) is 2.56. The van der Waals surface area contributed by atoms with E-state index in [-0.39, 0.29) is 5.69 Å². The number of anilines is 2. The van der Waals surface area contributed by atoms with Crippen molar-refractivity contribution in [1.29, 1.82) is 0 Å². The summed E-state index contributed by atoms with van der Waals surface area (Å²) in [5.74, 6) is 0.166. The smallest absolute Gasteiger partial charge is 0.267 e. The molecule has 0 radical (unpaired) electrons. The van der Waals surface area contributed by atoms with Crippen LogP contribution in [0, 0.1) is 0 Å². The Morgan fingerprint density at radius 3 is 2.60 bits per heavy atom. The average molecular weight is 206 g/mol. The van der Waals surface area contributed by atoms with Gasteiger partial charge in [0, 0.05) is 13.1 Å². The fraction of sp³-hybridized carbons (Fsp3) is 0.400. The molecule has 4 N–H and O–H groups in total. The molecular formula is C10H14N4O. The number of rotatable bonds is 2. The van der Waals surface area contributed by atoms with Crippen molar-refractivity contribution in [2.24, 2.45) is 5.73 Å². The van der Waals surface area contributed by atoms with E-state index in [2.05, 4.69) is 9.88 Å². The highest BCUT2D eigenvalue weighted by Crippen LogP contribution is 2.24. The van der Waals surface area contributed by atoms with Gasteiger partial charge in [-0.2, -0.15) is 0 Å². The Bertz CT molecular complexity index is 385. The SMILES string of the molecule is NC(=O)c1ccc(N)c(N2CCCC2)n1. The Morgan fingerprint density at radius 1 is 1.33 bits per heavy atom. The lowest BCUT2D eigenvalue weighted by Crippen LogP contribution is -2.22. The number of hydrogen-bond acceptors (Lipinski definition) is 4. The molecule has 1 aromatic heterocycles. The van der Waals surface area contributed by atoms with Crippen molar-refractivity contribution in [3.8, 4) is 0 Å². The minimum atomic E-state index is -0.518. The predicted molar refractivity (Wildman–Crippen MR) is 58.6 cm³/mol. The number of carbonyl (C=O) groups is 1. The molecule has 15 heavy (non-hydrogen) atoms. The minimum absolute atomic E-state index is 0.270. The second-order valence-corrected chi connectivity index (χ2v) is 3.67. The molecule has 5 nitrogen and oxygen atoms in total. The Labute approximate surface area is 88.1 Å². The summed E-state index contributed by atoms with van der Waals surface area (Å²) >= 11 is 0. The Balaban J connectivity index is 2.35. The van der Waals surface area contributed by atoms with Crippen LogP contribution in [-0.2, 0) is 0 Å². The highest BCUT2D eigenvalue weighted by molar-refractivity contribution is 5.91. The fourth-order valence-corrected chi connectivity index (χ4v) is 1.78. The zero-order valence-electron chi connectivity index (χ0n) is 8.44.